The molecule has 0 radical (unpaired) electrons. The van der Waals surface area contributed by atoms with Crippen molar-refractivity contribution in [3.63, 3.8) is 0 Å². The van der Waals surface area contributed by atoms with Crippen molar-refractivity contribution in [1.29, 1.82) is 0 Å². The Morgan fingerprint density at radius 3 is 2.68 bits per heavy atom. The molecule has 0 aliphatic carbocycles. The van der Waals surface area contributed by atoms with Gasteiger partial charge in [0.1, 0.15) is 0 Å². The van der Waals surface area contributed by atoms with Gasteiger partial charge in [-0.15, -0.1) is 0 Å². The molecule has 102 valence electrons. The van der Waals surface area contributed by atoms with Crippen molar-refractivity contribution in [3.8, 4) is 0 Å². The first kappa shape index (κ1) is 13.6. The van der Waals surface area contributed by atoms with Crippen LogP contribution in [-0.2, 0) is 0 Å². The van der Waals surface area contributed by atoms with Crippen molar-refractivity contribution < 1.29 is 15.0 Å². The van der Waals surface area contributed by atoms with Crippen LogP contribution < -0.4 is 5.32 Å². The number of aromatic amines is 1. The molecular formula is C14H18N2O3. The van der Waals surface area contributed by atoms with Gasteiger partial charge in [-0.2, -0.15) is 0 Å². The van der Waals surface area contributed by atoms with E-state index in [4.69, 9.17) is 0 Å². The van der Waals surface area contributed by atoms with Crippen molar-refractivity contribution in [3.05, 3.63) is 36.0 Å². The van der Waals surface area contributed by atoms with Crippen LogP contribution in [0.1, 0.15) is 23.7 Å². The number of carbonyl (C=O) groups is 1. The number of aromatic nitrogens is 1. The van der Waals surface area contributed by atoms with E-state index < -0.39 is 5.54 Å². The van der Waals surface area contributed by atoms with Crippen molar-refractivity contribution in [2.75, 3.05) is 13.2 Å². The Morgan fingerprint density at radius 2 is 2.05 bits per heavy atom. The lowest BCUT2D eigenvalue weighted by Crippen LogP contribution is -2.53. The van der Waals surface area contributed by atoms with Gasteiger partial charge in [0.15, 0.2) is 0 Å². The van der Waals surface area contributed by atoms with Crippen LogP contribution in [0.4, 0.5) is 0 Å². The summed E-state index contributed by atoms with van der Waals surface area (Å²) in [5.41, 5.74) is 0.273. The van der Waals surface area contributed by atoms with Crippen LogP contribution in [-0.4, -0.2) is 39.9 Å². The molecule has 2 rings (SSSR count). The summed E-state index contributed by atoms with van der Waals surface area (Å²) < 4.78 is 0. The van der Waals surface area contributed by atoms with Crippen LogP contribution in [0.3, 0.4) is 0 Å². The Labute approximate surface area is 111 Å². The number of para-hydroxylation sites is 1. The van der Waals surface area contributed by atoms with Gasteiger partial charge in [-0.05, 0) is 18.6 Å². The van der Waals surface area contributed by atoms with E-state index in [1.807, 2.05) is 19.1 Å². The number of fused-ring (bicyclic) bond motifs is 1. The van der Waals surface area contributed by atoms with Gasteiger partial charge in [-0.3, -0.25) is 4.79 Å². The lowest BCUT2D eigenvalue weighted by Gasteiger charge is -2.29. The molecule has 0 atom stereocenters. The predicted octanol–water partition coefficient (Wildman–Crippen LogP) is 1.03. The lowest BCUT2D eigenvalue weighted by atomic mass is 9.97. The Hall–Kier alpha value is -1.85. The lowest BCUT2D eigenvalue weighted by molar-refractivity contribution is 0.0654. The first-order valence-corrected chi connectivity index (χ1v) is 6.26. The van der Waals surface area contributed by atoms with Gasteiger partial charge in [0, 0.05) is 11.6 Å². The maximum absolute atomic E-state index is 12.3. The summed E-state index contributed by atoms with van der Waals surface area (Å²) in [5, 5.41) is 22.4. The third-order valence-electron chi connectivity index (χ3n) is 3.49. The molecule has 0 aliphatic rings. The number of rotatable bonds is 5. The molecule has 0 fully saturated rings. The summed E-state index contributed by atoms with van der Waals surface area (Å²) in [5.74, 6) is -0.307. The monoisotopic (exact) mass is 262 g/mol. The largest absolute Gasteiger partial charge is 0.394 e. The minimum absolute atomic E-state index is 0.299. The van der Waals surface area contributed by atoms with Crippen LogP contribution in [0.2, 0.25) is 0 Å². The molecule has 0 bridgehead atoms. The molecule has 1 aromatic carbocycles. The molecule has 0 spiro atoms. The minimum Gasteiger partial charge on any atom is -0.394 e. The van der Waals surface area contributed by atoms with Crippen LogP contribution in [0.15, 0.2) is 30.5 Å². The summed E-state index contributed by atoms with van der Waals surface area (Å²) in [6.07, 6.45) is 2.22. The van der Waals surface area contributed by atoms with Gasteiger partial charge in [0.05, 0.1) is 29.8 Å². The number of hydrogen-bond donors (Lipinski definition) is 4. The molecule has 0 saturated carbocycles. The molecule has 5 nitrogen and oxygen atoms in total. The van der Waals surface area contributed by atoms with Crippen LogP contribution in [0.25, 0.3) is 10.9 Å². The second-order valence-corrected chi connectivity index (χ2v) is 4.65. The number of H-pyrrole nitrogens is 1. The number of aliphatic hydroxyl groups excluding tert-OH is 2. The fraction of sp³-hybridized carbons (Fsp3) is 0.357. The maximum Gasteiger partial charge on any atom is 0.254 e. The number of hydrogen-bond acceptors (Lipinski definition) is 3. The highest BCUT2D eigenvalue weighted by Crippen LogP contribution is 2.18. The third-order valence-corrected chi connectivity index (χ3v) is 3.49. The van der Waals surface area contributed by atoms with Gasteiger partial charge >= 0.3 is 0 Å². The van der Waals surface area contributed by atoms with E-state index in [-0.39, 0.29) is 19.1 Å². The summed E-state index contributed by atoms with van der Waals surface area (Å²) in [4.78, 5) is 15.3. The summed E-state index contributed by atoms with van der Waals surface area (Å²) in [6.45, 7) is 1.21. The van der Waals surface area contributed by atoms with E-state index >= 15 is 0 Å². The van der Waals surface area contributed by atoms with Gasteiger partial charge in [0.25, 0.3) is 5.91 Å². The molecule has 1 heterocycles. The number of benzene rings is 1. The molecule has 1 amide bonds. The molecular weight excluding hydrogens is 244 g/mol. The van der Waals surface area contributed by atoms with Crippen LogP contribution in [0.5, 0.6) is 0 Å². The van der Waals surface area contributed by atoms with Gasteiger partial charge in [-0.1, -0.05) is 19.1 Å². The molecule has 2 aromatic rings. The standard InChI is InChI=1S/C14H18N2O3/c1-2-14(8-17,9-18)16-13(19)11-5-3-4-10-6-7-15-12(10)11/h3-7,15,17-18H,2,8-9H2,1H3,(H,16,19). The highest BCUT2D eigenvalue weighted by Gasteiger charge is 2.29. The third kappa shape index (κ3) is 2.47. The molecule has 19 heavy (non-hydrogen) atoms. The summed E-state index contributed by atoms with van der Waals surface area (Å²) in [6, 6.07) is 7.31. The van der Waals surface area contributed by atoms with Crippen LogP contribution in [0, 0.1) is 0 Å². The molecule has 0 unspecified atom stereocenters. The SMILES string of the molecule is CCC(CO)(CO)NC(=O)c1cccc2cc[nH]c12. The highest BCUT2D eigenvalue weighted by molar-refractivity contribution is 6.05. The molecule has 5 heteroatoms. The van der Waals surface area contributed by atoms with E-state index in [0.717, 1.165) is 10.9 Å². The fourth-order valence-corrected chi connectivity index (χ4v) is 2.02. The van der Waals surface area contributed by atoms with E-state index in [9.17, 15) is 15.0 Å². The quantitative estimate of drug-likeness (QED) is 0.649. The summed E-state index contributed by atoms with van der Waals surface area (Å²) >= 11 is 0. The second kappa shape index (κ2) is 5.42. The maximum atomic E-state index is 12.3. The normalized spacial score (nSPS) is 11.7. The average molecular weight is 262 g/mol. The number of nitrogens with one attached hydrogen (secondary N) is 2. The van der Waals surface area contributed by atoms with E-state index in [1.54, 1.807) is 18.3 Å². The van der Waals surface area contributed by atoms with Gasteiger partial charge in [0.2, 0.25) is 0 Å². The van der Waals surface area contributed by atoms with Crippen molar-refractivity contribution >= 4 is 16.8 Å². The Bertz CT molecular complexity index is 565. The molecule has 1 aromatic heterocycles. The smallest absolute Gasteiger partial charge is 0.254 e. The first-order chi connectivity index (χ1) is 9.15. The number of amides is 1. The van der Waals surface area contributed by atoms with Crippen molar-refractivity contribution in [2.24, 2.45) is 0 Å². The van der Waals surface area contributed by atoms with E-state index in [1.165, 1.54) is 0 Å². The zero-order valence-corrected chi connectivity index (χ0v) is 10.8. The van der Waals surface area contributed by atoms with Crippen molar-refractivity contribution in [2.45, 2.75) is 18.9 Å². The van der Waals surface area contributed by atoms with Crippen molar-refractivity contribution in [1.82, 2.24) is 10.3 Å². The van der Waals surface area contributed by atoms with Gasteiger partial charge in [-0.25, -0.2) is 0 Å². The molecule has 0 saturated heterocycles. The zero-order valence-electron chi connectivity index (χ0n) is 10.8. The fourth-order valence-electron chi connectivity index (χ4n) is 2.02. The van der Waals surface area contributed by atoms with Gasteiger partial charge < -0.3 is 20.5 Å². The molecule has 4 N–H and O–H groups in total. The van der Waals surface area contributed by atoms with E-state index in [0.29, 0.717) is 12.0 Å². The Kier molecular flexibility index (Phi) is 3.87. The number of carbonyl (C=O) groups excluding carboxylic acids is 1. The average Bonchev–Trinajstić information content (AvgIpc) is 2.93. The second-order valence-electron chi connectivity index (χ2n) is 4.65. The Balaban J connectivity index is 2.32. The number of aliphatic hydroxyl groups is 2. The topological polar surface area (TPSA) is 85.3 Å². The Morgan fingerprint density at radius 1 is 1.32 bits per heavy atom. The first-order valence-electron chi connectivity index (χ1n) is 6.26. The predicted molar refractivity (Wildman–Crippen MR) is 73.0 cm³/mol. The van der Waals surface area contributed by atoms with Crippen LogP contribution >= 0.6 is 0 Å². The minimum atomic E-state index is -0.980. The zero-order chi connectivity index (χ0) is 13.9. The van der Waals surface area contributed by atoms with E-state index in [2.05, 4.69) is 10.3 Å². The highest BCUT2D eigenvalue weighted by atomic mass is 16.3. The summed E-state index contributed by atoms with van der Waals surface area (Å²) in [7, 11) is 0. The molecule has 0 aliphatic heterocycles.